The molecule has 3 aromatic rings. The zero-order valence-corrected chi connectivity index (χ0v) is 20.4. The van der Waals surface area contributed by atoms with Crippen LogP contribution < -0.4 is 15.4 Å². The molecule has 7 nitrogen and oxygen atoms in total. The average Bonchev–Trinajstić information content (AvgIpc) is 3.14. The number of hydrogen-bond donors (Lipinski definition) is 0. The quantitative estimate of drug-likeness (QED) is 0.297. The Kier molecular flexibility index (Phi) is 6.40. The molecule has 178 valence electrons. The van der Waals surface area contributed by atoms with Gasteiger partial charge in [0.05, 0.1) is 16.2 Å². The van der Waals surface area contributed by atoms with Crippen LogP contribution in [0.4, 0.5) is 15.9 Å². The van der Waals surface area contributed by atoms with Gasteiger partial charge in [0.15, 0.2) is 0 Å². The minimum atomic E-state index is -0.267. The van der Waals surface area contributed by atoms with E-state index in [4.69, 9.17) is 17.2 Å². The summed E-state index contributed by atoms with van der Waals surface area (Å²) in [7, 11) is 0. The lowest BCUT2D eigenvalue weighted by molar-refractivity contribution is -0.121. The summed E-state index contributed by atoms with van der Waals surface area (Å²) in [6, 6.07) is 12.1. The second-order valence-corrected chi connectivity index (χ2v) is 9.77. The Hall–Kier alpha value is -3.50. The summed E-state index contributed by atoms with van der Waals surface area (Å²) in [6.07, 6.45) is 4.86. The van der Waals surface area contributed by atoms with E-state index in [0.29, 0.717) is 64.7 Å². The molecule has 2 fully saturated rings. The van der Waals surface area contributed by atoms with E-state index in [0.717, 1.165) is 11.8 Å². The SMILES string of the molecule is C=CCN1C(=O)/C(=C\c2c(N3CCN(c4ccccc4F)CC3)nc3ccccn3c2=O)SC1=S. The maximum absolute atomic E-state index is 14.3. The smallest absolute Gasteiger partial charge is 0.267 e. The number of para-hydroxylation sites is 1. The van der Waals surface area contributed by atoms with Gasteiger partial charge in [0, 0.05) is 38.9 Å². The normalized spacial score (nSPS) is 17.6. The number of thioether (sulfide) groups is 1. The Labute approximate surface area is 211 Å². The van der Waals surface area contributed by atoms with Crippen LogP contribution in [0.1, 0.15) is 5.56 Å². The number of amides is 1. The Balaban J connectivity index is 1.52. The van der Waals surface area contributed by atoms with Gasteiger partial charge in [0.1, 0.15) is 21.6 Å². The molecule has 35 heavy (non-hydrogen) atoms. The van der Waals surface area contributed by atoms with Gasteiger partial charge in [0.2, 0.25) is 0 Å². The van der Waals surface area contributed by atoms with Crippen LogP contribution in [0.3, 0.4) is 0 Å². The third-order valence-corrected chi connectivity index (χ3v) is 7.36. The molecule has 0 spiro atoms. The average molecular weight is 508 g/mol. The molecule has 0 atom stereocenters. The Morgan fingerprint density at radius 2 is 1.77 bits per heavy atom. The number of halogens is 1. The Morgan fingerprint density at radius 1 is 1.06 bits per heavy atom. The molecule has 0 N–H and O–H groups in total. The van der Waals surface area contributed by atoms with Crippen LogP contribution in [0.25, 0.3) is 11.7 Å². The van der Waals surface area contributed by atoms with Crippen molar-refractivity contribution in [1.29, 1.82) is 0 Å². The summed E-state index contributed by atoms with van der Waals surface area (Å²) >= 11 is 6.51. The van der Waals surface area contributed by atoms with E-state index in [1.54, 1.807) is 42.6 Å². The van der Waals surface area contributed by atoms with Crippen molar-refractivity contribution in [2.24, 2.45) is 0 Å². The van der Waals surface area contributed by atoms with Crippen molar-refractivity contribution < 1.29 is 9.18 Å². The highest BCUT2D eigenvalue weighted by molar-refractivity contribution is 8.26. The molecule has 1 amide bonds. The highest BCUT2D eigenvalue weighted by Gasteiger charge is 2.32. The van der Waals surface area contributed by atoms with Gasteiger partial charge in [-0.2, -0.15) is 0 Å². The molecule has 0 aliphatic carbocycles. The summed E-state index contributed by atoms with van der Waals surface area (Å²) < 4.78 is 16.2. The molecule has 0 unspecified atom stereocenters. The van der Waals surface area contributed by atoms with Crippen LogP contribution in [0.5, 0.6) is 0 Å². The van der Waals surface area contributed by atoms with Crippen LogP contribution >= 0.6 is 24.0 Å². The monoisotopic (exact) mass is 507 g/mol. The first-order valence-electron chi connectivity index (χ1n) is 11.1. The van der Waals surface area contributed by atoms with Crippen molar-refractivity contribution in [3.05, 3.63) is 88.0 Å². The number of nitrogens with zero attached hydrogens (tertiary/aromatic N) is 5. The first kappa shape index (κ1) is 23.3. The Morgan fingerprint density at radius 3 is 2.51 bits per heavy atom. The number of carbonyl (C=O) groups is 1. The number of aromatic nitrogens is 2. The van der Waals surface area contributed by atoms with Gasteiger partial charge >= 0.3 is 0 Å². The second kappa shape index (κ2) is 9.63. The number of thiocarbonyl (C=S) groups is 1. The van der Waals surface area contributed by atoms with Gasteiger partial charge in [-0.05, 0) is 30.3 Å². The van der Waals surface area contributed by atoms with E-state index in [2.05, 4.69) is 6.58 Å². The maximum atomic E-state index is 14.3. The lowest BCUT2D eigenvalue weighted by atomic mass is 10.2. The minimum absolute atomic E-state index is 0.257. The van der Waals surface area contributed by atoms with Crippen molar-refractivity contribution in [3.63, 3.8) is 0 Å². The molecular formula is C25H22FN5O2S2. The minimum Gasteiger partial charge on any atom is -0.366 e. The third kappa shape index (κ3) is 4.35. The second-order valence-electron chi connectivity index (χ2n) is 8.09. The fourth-order valence-electron chi connectivity index (χ4n) is 4.24. The van der Waals surface area contributed by atoms with Crippen LogP contribution in [0, 0.1) is 5.82 Å². The fraction of sp³-hybridized carbons (Fsp3) is 0.200. The standard InChI is InChI=1S/C25H22FN5O2S2/c1-2-10-31-24(33)20(35-25(31)34)16-17-22(27-21-9-5-6-11-30(21)23(17)32)29-14-12-28(13-15-29)19-8-4-3-7-18(19)26/h2-9,11,16H,1,10,12-15H2/b20-16+. The number of piperazine rings is 1. The van der Waals surface area contributed by atoms with Crippen LogP contribution in [0.2, 0.25) is 0 Å². The molecule has 5 rings (SSSR count). The van der Waals surface area contributed by atoms with Crippen molar-refractivity contribution >= 4 is 57.4 Å². The van der Waals surface area contributed by atoms with Crippen LogP contribution in [-0.4, -0.2) is 57.2 Å². The number of anilines is 2. The number of fused-ring (bicyclic) bond motifs is 1. The van der Waals surface area contributed by atoms with E-state index in [9.17, 15) is 14.0 Å². The molecule has 2 aromatic heterocycles. The summed E-state index contributed by atoms with van der Waals surface area (Å²) in [5.74, 6) is -0.0126. The van der Waals surface area contributed by atoms with Crippen molar-refractivity contribution in [2.45, 2.75) is 0 Å². The molecule has 0 bridgehead atoms. The molecule has 2 aliphatic heterocycles. The van der Waals surface area contributed by atoms with Gasteiger partial charge in [-0.25, -0.2) is 9.37 Å². The number of pyridine rings is 1. The van der Waals surface area contributed by atoms with Gasteiger partial charge in [0.25, 0.3) is 11.5 Å². The van der Waals surface area contributed by atoms with Crippen LogP contribution in [-0.2, 0) is 4.79 Å². The molecule has 2 saturated heterocycles. The molecule has 4 heterocycles. The molecule has 2 aliphatic rings. The lowest BCUT2D eigenvalue weighted by Gasteiger charge is -2.37. The largest absolute Gasteiger partial charge is 0.366 e. The van der Waals surface area contributed by atoms with Crippen molar-refractivity contribution in [3.8, 4) is 0 Å². The Bertz CT molecular complexity index is 1430. The summed E-state index contributed by atoms with van der Waals surface area (Å²) in [6.45, 7) is 6.21. The van der Waals surface area contributed by atoms with Crippen molar-refractivity contribution in [2.75, 3.05) is 42.5 Å². The topological polar surface area (TPSA) is 61.2 Å². The maximum Gasteiger partial charge on any atom is 0.267 e. The van der Waals surface area contributed by atoms with E-state index in [1.165, 1.54) is 15.4 Å². The van der Waals surface area contributed by atoms with E-state index >= 15 is 0 Å². The van der Waals surface area contributed by atoms with Gasteiger partial charge in [-0.3, -0.25) is 18.9 Å². The number of benzene rings is 1. The zero-order chi connectivity index (χ0) is 24.5. The predicted octanol–water partition coefficient (Wildman–Crippen LogP) is 3.55. The lowest BCUT2D eigenvalue weighted by Crippen LogP contribution is -2.47. The summed E-state index contributed by atoms with van der Waals surface area (Å²) in [5, 5.41) is 0. The fourth-order valence-corrected chi connectivity index (χ4v) is 5.50. The highest BCUT2D eigenvalue weighted by Crippen LogP contribution is 2.33. The highest BCUT2D eigenvalue weighted by atomic mass is 32.2. The molecule has 10 heteroatoms. The van der Waals surface area contributed by atoms with Crippen LogP contribution in [0.15, 0.2) is 71.0 Å². The number of rotatable bonds is 5. The third-order valence-electron chi connectivity index (χ3n) is 5.98. The van der Waals surface area contributed by atoms with E-state index in [1.807, 2.05) is 21.9 Å². The van der Waals surface area contributed by atoms with E-state index < -0.39 is 0 Å². The summed E-state index contributed by atoms with van der Waals surface area (Å²) in [4.78, 5) is 37.1. The van der Waals surface area contributed by atoms with Crippen molar-refractivity contribution in [1.82, 2.24) is 14.3 Å². The molecule has 0 saturated carbocycles. The summed E-state index contributed by atoms with van der Waals surface area (Å²) in [5.41, 5.74) is 1.13. The van der Waals surface area contributed by atoms with Gasteiger partial charge in [-0.15, -0.1) is 6.58 Å². The van der Waals surface area contributed by atoms with Gasteiger partial charge < -0.3 is 9.80 Å². The first-order chi connectivity index (χ1) is 17.0. The van der Waals surface area contributed by atoms with E-state index in [-0.39, 0.29) is 17.3 Å². The molecule has 0 radical (unpaired) electrons. The number of hydrogen-bond acceptors (Lipinski definition) is 7. The first-order valence-corrected chi connectivity index (χ1v) is 12.3. The predicted molar refractivity (Wildman–Crippen MR) is 142 cm³/mol. The molecular weight excluding hydrogens is 485 g/mol. The van der Waals surface area contributed by atoms with Gasteiger partial charge in [-0.1, -0.05) is 48.3 Å². The molecule has 1 aromatic carbocycles. The number of carbonyl (C=O) groups excluding carboxylic acids is 1. The zero-order valence-electron chi connectivity index (χ0n) is 18.8.